The summed E-state index contributed by atoms with van der Waals surface area (Å²) < 4.78 is 11.3. The highest BCUT2D eigenvalue weighted by Gasteiger charge is 2.23. The lowest BCUT2D eigenvalue weighted by Gasteiger charge is -2.35. The van der Waals surface area contributed by atoms with Gasteiger partial charge in [0.05, 0.1) is 31.7 Å². The third-order valence-corrected chi connectivity index (χ3v) is 4.21. The van der Waals surface area contributed by atoms with Crippen LogP contribution in [0.2, 0.25) is 0 Å². The van der Waals surface area contributed by atoms with Gasteiger partial charge >= 0.3 is 0 Å². The first-order chi connectivity index (χ1) is 11.6. The number of hydrogen-bond donors (Lipinski definition) is 1. The van der Waals surface area contributed by atoms with Crippen LogP contribution in [0.1, 0.15) is 19.5 Å². The van der Waals surface area contributed by atoms with Gasteiger partial charge in [-0.25, -0.2) is 4.98 Å². The van der Waals surface area contributed by atoms with Crippen molar-refractivity contribution in [3.63, 3.8) is 0 Å². The molecule has 0 bridgehead atoms. The fraction of sp³-hybridized carbons (Fsp3) is 0.444. The molecule has 0 unspecified atom stereocenters. The van der Waals surface area contributed by atoms with E-state index in [2.05, 4.69) is 27.9 Å². The number of anilines is 2. The van der Waals surface area contributed by atoms with Crippen LogP contribution in [0, 0.1) is 6.92 Å². The first-order valence-electron chi connectivity index (χ1n) is 8.30. The lowest BCUT2D eigenvalue weighted by atomic mass is 10.0. The zero-order chi connectivity index (χ0) is 17.1. The molecule has 0 amide bonds. The van der Waals surface area contributed by atoms with Crippen LogP contribution in [0.4, 0.5) is 11.4 Å². The molecule has 6 heteroatoms. The minimum atomic E-state index is 0.273. The minimum Gasteiger partial charge on any atom is -0.476 e. The molecule has 1 fully saturated rings. The monoisotopic (exact) mass is 328 g/mol. The molecule has 2 aromatic rings. The highest BCUT2D eigenvalue weighted by Crippen LogP contribution is 2.34. The number of nitrogens with two attached hydrogens (primary N) is 1. The highest BCUT2D eigenvalue weighted by molar-refractivity contribution is 5.73. The summed E-state index contributed by atoms with van der Waals surface area (Å²) in [4.78, 5) is 11.2. The molecule has 0 aromatic carbocycles. The van der Waals surface area contributed by atoms with Crippen LogP contribution in [0.5, 0.6) is 5.88 Å². The van der Waals surface area contributed by atoms with Gasteiger partial charge in [-0.3, -0.25) is 4.98 Å². The van der Waals surface area contributed by atoms with Gasteiger partial charge in [0.1, 0.15) is 5.69 Å². The van der Waals surface area contributed by atoms with Crippen molar-refractivity contribution in [1.82, 2.24) is 9.97 Å². The van der Waals surface area contributed by atoms with Crippen LogP contribution >= 0.6 is 0 Å². The van der Waals surface area contributed by atoms with Crippen LogP contribution in [0.15, 0.2) is 24.5 Å². The summed E-state index contributed by atoms with van der Waals surface area (Å²) in [5.74, 6) is 0.657. The normalized spacial score (nSPS) is 17.8. The van der Waals surface area contributed by atoms with E-state index in [1.54, 1.807) is 6.20 Å². The lowest BCUT2D eigenvalue weighted by Crippen LogP contribution is -2.44. The van der Waals surface area contributed by atoms with Gasteiger partial charge in [-0.2, -0.15) is 0 Å². The Bertz CT molecular complexity index is 720. The molecule has 24 heavy (non-hydrogen) atoms. The summed E-state index contributed by atoms with van der Waals surface area (Å²) in [5.41, 5.74) is 10.5. The second-order valence-corrected chi connectivity index (χ2v) is 6.00. The number of pyridine rings is 2. The summed E-state index contributed by atoms with van der Waals surface area (Å²) in [6.07, 6.45) is 3.49. The fourth-order valence-electron chi connectivity index (χ4n) is 2.97. The summed E-state index contributed by atoms with van der Waals surface area (Å²) in [5, 5.41) is 0. The number of aryl methyl sites for hydroxylation is 1. The number of rotatable bonds is 4. The minimum absolute atomic E-state index is 0.273. The quantitative estimate of drug-likeness (QED) is 0.930. The van der Waals surface area contributed by atoms with Gasteiger partial charge < -0.3 is 20.1 Å². The van der Waals surface area contributed by atoms with Crippen molar-refractivity contribution >= 4 is 11.4 Å². The molecule has 128 valence electrons. The van der Waals surface area contributed by atoms with E-state index < -0.39 is 0 Å². The Morgan fingerprint density at radius 2 is 2.17 bits per heavy atom. The second kappa shape index (κ2) is 7.05. The van der Waals surface area contributed by atoms with Crippen molar-refractivity contribution in [2.75, 3.05) is 37.0 Å². The van der Waals surface area contributed by atoms with Crippen LogP contribution < -0.4 is 15.4 Å². The zero-order valence-electron chi connectivity index (χ0n) is 14.5. The Balaban J connectivity index is 2.06. The van der Waals surface area contributed by atoms with Gasteiger partial charge in [0, 0.05) is 35.6 Å². The van der Waals surface area contributed by atoms with Crippen molar-refractivity contribution in [1.29, 1.82) is 0 Å². The Morgan fingerprint density at radius 3 is 2.92 bits per heavy atom. The topological polar surface area (TPSA) is 73.5 Å². The maximum absolute atomic E-state index is 5.91. The molecule has 3 heterocycles. The van der Waals surface area contributed by atoms with E-state index in [1.807, 2.05) is 26.1 Å². The third kappa shape index (κ3) is 3.28. The third-order valence-electron chi connectivity index (χ3n) is 4.21. The Kier molecular flexibility index (Phi) is 4.85. The molecule has 6 nitrogen and oxygen atoms in total. The summed E-state index contributed by atoms with van der Waals surface area (Å²) in [6.45, 7) is 8.90. The van der Waals surface area contributed by atoms with Gasteiger partial charge in [-0.15, -0.1) is 0 Å². The molecule has 2 N–H and O–H groups in total. The van der Waals surface area contributed by atoms with Crippen molar-refractivity contribution in [3.05, 3.63) is 30.2 Å². The molecule has 1 aliphatic rings. The SMILES string of the molecule is CCOc1ncc(-c2cc(N)cnc2C)cc1N1CCOC[C@H]1C. The van der Waals surface area contributed by atoms with Gasteiger partial charge in [-0.1, -0.05) is 0 Å². The molecule has 2 aromatic heterocycles. The Hall–Kier alpha value is -2.34. The lowest BCUT2D eigenvalue weighted by molar-refractivity contribution is 0.0985. The van der Waals surface area contributed by atoms with Gasteiger partial charge in [0.2, 0.25) is 5.88 Å². The average molecular weight is 328 g/mol. The first-order valence-corrected chi connectivity index (χ1v) is 8.30. The predicted molar refractivity (Wildman–Crippen MR) is 95.4 cm³/mol. The maximum atomic E-state index is 5.91. The van der Waals surface area contributed by atoms with Gasteiger partial charge in [0.25, 0.3) is 0 Å². The molecular weight excluding hydrogens is 304 g/mol. The van der Waals surface area contributed by atoms with Crippen molar-refractivity contribution in [2.24, 2.45) is 0 Å². The van der Waals surface area contributed by atoms with Crippen molar-refractivity contribution in [2.45, 2.75) is 26.8 Å². The van der Waals surface area contributed by atoms with E-state index in [-0.39, 0.29) is 6.04 Å². The average Bonchev–Trinajstić information content (AvgIpc) is 2.58. The standard InChI is InChI=1S/C18H24N4O2/c1-4-24-18-17(22-5-6-23-11-12(22)2)7-14(9-21-18)16-8-15(19)10-20-13(16)3/h7-10,12H,4-6,11,19H2,1-3H3/t12-/m1/s1. The number of morpholine rings is 1. The number of aromatic nitrogens is 2. The van der Waals surface area contributed by atoms with Crippen LogP contribution in [0.25, 0.3) is 11.1 Å². The molecule has 1 atom stereocenters. The van der Waals surface area contributed by atoms with E-state index in [9.17, 15) is 0 Å². The molecular formula is C18H24N4O2. The van der Waals surface area contributed by atoms with Gasteiger partial charge in [-0.05, 0) is 32.9 Å². The molecule has 0 radical (unpaired) electrons. The number of hydrogen-bond acceptors (Lipinski definition) is 6. The van der Waals surface area contributed by atoms with Crippen LogP contribution in [-0.2, 0) is 4.74 Å². The molecule has 1 saturated heterocycles. The maximum Gasteiger partial charge on any atom is 0.237 e. The molecule has 3 rings (SSSR count). The first kappa shape index (κ1) is 16.5. The predicted octanol–water partition coefficient (Wildman–Crippen LogP) is 2.66. The van der Waals surface area contributed by atoms with E-state index in [0.29, 0.717) is 31.4 Å². The van der Waals surface area contributed by atoms with Crippen LogP contribution in [0.3, 0.4) is 0 Å². The highest BCUT2D eigenvalue weighted by atomic mass is 16.5. The number of nitrogens with zero attached hydrogens (tertiary/aromatic N) is 3. The van der Waals surface area contributed by atoms with Crippen LogP contribution in [-0.4, -0.2) is 42.4 Å². The number of nitrogen functional groups attached to an aromatic ring is 1. The van der Waals surface area contributed by atoms with E-state index in [0.717, 1.165) is 29.1 Å². The van der Waals surface area contributed by atoms with Crippen molar-refractivity contribution < 1.29 is 9.47 Å². The molecule has 0 spiro atoms. The second-order valence-electron chi connectivity index (χ2n) is 6.00. The van der Waals surface area contributed by atoms with E-state index >= 15 is 0 Å². The summed E-state index contributed by atoms with van der Waals surface area (Å²) >= 11 is 0. The largest absolute Gasteiger partial charge is 0.476 e. The molecule has 0 aliphatic carbocycles. The summed E-state index contributed by atoms with van der Waals surface area (Å²) in [6, 6.07) is 4.32. The molecule has 0 saturated carbocycles. The molecule has 1 aliphatic heterocycles. The van der Waals surface area contributed by atoms with Gasteiger partial charge in [0.15, 0.2) is 0 Å². The van der Waals surface area contributed by atoms with E-state index in [4.69, 9.17) is 15.2 Å². The van der Waals surface area contributed by atoms with Crippen molar-refractivity contribution in [3.8, 4) is 17.0 Å². The number of ether oxygens (including phenoxy) is 2. The fourth-order valence-corrected chi connectivity index (χ4v) is 2.97. The zero-order valence-corrected chi connectivity index (χ0v) is 14.5. The Labute approximate surface area is 142 Å². The Morgan fingerprint density at radius 1 is 1.33 bits per heavy atom. The summed E-state index contributed by atoms with van der Waals surface area (Å²) in [7, 11) is 0. The smallest absolute Gasteiger partial charge is 0.237 e. The van der Waals surface area contributed by atoms with E-state index in [1.165, 1.54) is 0 Å².